The Morgan fingerprint density at radius 2 is 1.76 bits per heavy atom. The topological polar surface area (TPSA) is 58.2 Å². The molecule has 0 heterocycles. The highest BCUT2D eigenvalue weighted by atomic mass is 19.4. The average Bonchev–Trinajstić information content (AvgIpc) is 2.51. The van der Waals surface area contributed by atoms with Crippen LogP contribution < -0.4 is 10.6 Å². The molecule has 1 aliphatic rings. The molecule has 2 rings (SSSR count). The summed E-state index contributed by atoms with van der Waals surface area (Å²) in [5.41, 5.74) is 2.34. The van der Waals surface area contributed by atoms with Gasteiger partial charge in [0.2, 0.25) is 5.91 Å². The van der Waals surface area contributed by atoms with Crippen molar-refractivity contribution in [1.29, 1.82) is 0 Å². The lowest BCUT2D eigenvalue weighted by atomic mass is 9.85. The SMILES string of the molecule is Cc1cc(C)cc(C(=O)NCC(=O)NC2CCCC(C(F)(F)F)C2)c1. The fourth-order valence-corrected chi connectivity index (χ4v) is 3.27. The third kappa shape index (κ3) is 5.76. The van der Waals surface area contributed by atoms with Crippen LogP contribution >= 0.6 is 0 Å². The zero-order chi connectivity index (χ0) is 18.6. The summed E-state index contributed by atoms with van der Waals surface area (Å²) in [4.78, 5) is 24.0. The van der Waals surface area contributed by atoms with Gasteiger partial charge >= 0.3 is 6.18 Å². The number of hydrogen-bond acceptors (Lipinski definition) is 2. The van der Waals surface area contributed by atoms with Crippen LogP contribution in [0.4, 0.5) is 13.2 Å². The van der Waals surface area contributed by atoms with E-state index < -0.39 is 24.0 Å². The summed E-state index contributed by atoms with van der Waals surface area (Å²) in [6, 6.07) is 4.87. The molecule has 1 aromatic carbocycles. The normalized spacial score (nSPS) is 20.8. The Bertz CT molecular complexity index is 623. The second-order valence-electron chi connectivity index (χ2n) is 6.73. The minimum atomic E-state index is -4.22. The number of rotatable bonds is 4. The van der Waals surface area contributed by atoms with Gasteiger partial charge in [0.15, 0.2) is 0 Å². The van der Waals surface area contributed by atoms with E-state index >= 15 is 0 Å². The number of nitrogens with one attached hydrogen (secondary N) is 2. The smallest absolute Gasteiger partial charge is 0.352 e. The Morgan fingerprint density at radius 1 is 1.12 bits per heavy atom. The van der Waals surface area contributed by atoms with Crippen LogP contribution in [0.25, 0.3) is 0 Å². The molecule has 138 valence electrons. The van der Waals surface area contributed by atoms with E-state index in [9.17, 15) is 22.8 Å². The summed E-state index contributed by atoms with van der Waals surface area (Å²) in [5, 5.41) is 5.11. The van der Waals surface area contributed by atoms with Gasteiger partial charge in [-0.15, -0.1) is 0 Å². The third-order valence-electron chi connectivity index (χ3n) is 4.40. The molecule has 0 aromatic heterocycles. The van der Waals surface area contributed by atoms with Gasteiger partial charge in [0.05, 0.1) is 12.5 Å². The van der Waals surface area contributed by atoms with Gasteiger partial charge in [-0.05, 0) is 45.2 Å². The molecule has 4 nitrogen and oxygen atoms in total. The van der Waals surface area contributed by atoms with Gasteiger partial charge in [-0.1, -0.05) is 23.6 Å². The van der Waals surface area contributed by atoms with E-state index in [2.05, 4.69) is 10.6 Å². The van der Waals surface area contributed by atoms with Gasteiger partial charge in [-0.2, -0.15) is 13.2 Å². The van der Waals surface area contributed by atoms with Crippen molar-refractivity contribution in [3.8, 4) is 0 Å². The van der Waals surface area contributed by atoms with Gasteiger partial charge in [-0.3, -0.25) is 9.59 Å². The molecule has 1 aromatic rings. The van der Waals surface area contributed by atoms with Crippen LogP contribution in [-0.2, 0) is 4.79 Å². The van der Waals surface area contributed by atoms with Crippen molar-refractivity contribution in [2.24, 2.45) is 5.92 Å². The summed E-state index contributed by atoms with van der Waals surface area (Å²) >= 11 is 0. The quantitative estimate of drug-likeness (QED) is 0.870. The zero-order valence-electron chi connectivity index (χ0n) is 14.4. The van der Waals surface area contributed by atoms with Crippen molar-refractivity contribution in [2.75, 3.05) is 6.54 Å². The minimum Gasteiger partial charge on any atom is -0.352 e. The largest absolute Gasteiger partial charge is 0.391 e. The molecule has 1 fully saturated rings. The van der Waals surface area contributed by atoms with Crippen molar-refractivity contribution < 1.29 is 22.8 Å². The maximum absolute atomic E-state index is 12.8. The second kappa shape index (κ2) is 7.89. The number of benzene rings is 1. The predicted octanol–water partition coefficient (Wildman–Crippen LogP) is 3.27. The second-order valence-corrected chi connectivity index (χ2v) is 6.73. The fourth-order valence-electron chi connectivity index (χ4n) is 3.27. The van der Waals surface area contributed by atoms with E-state index in [-0.39, 0.29) is 25.3 Å². The van der Waals surface area contributed by atoms with Crippen molar-refractivity contribution in [2.45, 2.75) is 51.7 Å². The number of carbonyl (C=O) groups is 2. The highest BCUT2D eigenvalue weighted by molar-refractivity contribution is 5.96. The lowest BCUT2D eigenvalue weighted by Gasteiger charge is -2.31. The number of carbonyl (C=O) groups excluding carboxylic acids is 2. The predicted molar refractivity (Wildman–Crippen MR) is 88.2 cm³/mol. The number of amides is 2. The third-order valence-corrected chi connectivity index (χ3v) is 4.40. The molecule has 1 aliphatic carbocycles. The van der Waals surface area contributed by atoms with Gasteiger partial charge in [0, 0.05) is 11.6 Å². The van der Waals surface area contributed by atoms with E-state index in [0.29, 0.717) is 18.4 Å². The maximum atomic E-state index is 12.8. The molecule has 0 radical (unpaired) electrons. The summed E-state index contributed by atoms with van der Waals surface area (Å²) in [7, 11) is 0. The summed E-state index contributed by atoms with van der Waals surface area (Å²) < 4.78 is 38.4. The van der Waals surface area contributed by atoms with Crippen LogP contribution in [0.2, 0.25) is 0 Å². The maximum Gasteiger partial charge on any atom is 0.391 e. The van der Waals surface area contributed by atoms with Crippen LogP contribution in [-0.4, -0.2) is 30.6 Å². The Hall–Kier alpha value is -2.05. The van der Waals surface area contributed by atoms with E-state index in [4.69, 9.17) is 0 Å². The highest BCUT2D eigenvalue weighted by Crippen LogP contribution is 2.37. The zero-order valence-corrected chi connectivity index (χ0v) is 14.4. The summed E-state index contributed by atoms with van der Waals surface area (Å²) in [6.07, 6.45) is -3.24. The molecule has 0 bridgehead atoms. The Morgan fingerprint density at radius 3 is 2.36 bits per heavy atom. The number of halogens is 3. The van der Waals surface area contributed by atoms with Crippen LogP contribution in [0.15, 0.2) is 18.2 Å². The highest BCUT2D eigenvalue weighted by Gasteiger charge is 2.42. The number of hydrogen-bond donors (Lipinski definition) is 2. The minimum absolute atomic E-state index is 0.0970. The number of aryl methyl sites for hydroxylation is 2. The summed E-state index contributed by atoms with van der Waals surface area (Å²) in [5.74, 6) is -2.21. The molecule has 2 unspecified atom stereocenters. The Labute approximate surface area is 145 Å². The van der Waals surface area contributed by atoms with E-state index in [1.165, 1.54) is 0 Å². The molecule has 2 N–H and O–H groups in total. The van der Waals surface area contributed by atoms with Gasteiger partial charge in [0.25, 0.3) is 5.91 Å². The molecule has 0 aliphatic heterocycles. The standard InChI is InChI=1S/C18H23F3N2O2/c1-11-6-12(2)8-13(7-11)17(25)22-10-16(24)23-15-5-3-4-14(9-15)18(19,20)21/h6-8,14-15H,3-5,9-10H2,1-2H3,(H,22,25)(H,23,24). The Kier molecular flexibility index (Phi) is 6.08. The lowest BCUT2D eigenvalue weighted by Crippen LogP contribution is -2.45. The van der Waals surface area contributed by atoms with Gasteiger partial charge in [-0.25, -0.2) is 0 Å². The summed E-state index contributed by atoms with van der Waals surface area (Å²) in [6.45, 7) is 3.49. The van der Waals surface area contributed by atoms with Crippen LogP contribution in [0, 0.1) is 19.8 Å². The first kappa shape index (κ1) is 19.3. The van der Waals surface area contributed by atoms with Gasteiger partial charge < -0.3 is 10.6 Å². The molecule has 0 saturated heterocycles. The average molecular weight is 356 g/mol. The number of alkyl halides is 3. The van der Waals surface area contributed by atoms with Crippen LogP contribution in [0.1, 0.15) is 47.2 Å². The molecule has 7 heteroatoms. The first-order valence-corrected chi connectivity index (χ1v) is 8.37. The van der Waals surface area contributed by atoms with E-state index in [1.54, 1.807) is 12.1 Å². The monoisotopic (exact) mass is 356 g/mol. The van der Waals surface area contributed by atoms with E-state index in [0.717, 1.165) is 11.1 Å². The van der Waals surface area contributed by atoms with Gasteiger partial charge in [0.1, 0.15) is 0 Å². The Balaban J connectivity index is 1.83. The van der Waals surface area contributed by atoms with Crippen LogP contribution in [0.3, 0.4) is 0 Å². The molecule has 1 saturated carbocycles. The van der Waals surface area contributed by atoms with E-state index in [1.807, 2.05) is 19.9 Å². The van der Waals surface area contributed by atoms with Crippen molar-refractivity contribution in [3.05, 3.63) is 34.9 Å². The van der Waals surface area contributed by atoms with Crippen molar-refractivity contribution in [1.82, 2.24) is 10.6 Å². The molecular weight excluding hydrogens is 333 g/mol. The molecule has 2 atom stereocenters. The first-order chi connectivity index (χ1) is 11.6. The molecule has 2 amide bonds. The first-order valence-electron chi connectivity index (χ1n) is 8.37. The lowest BCUT2D eigenvalue weighted by molar-refractivity contribution is -0.184. The fraction of sp³-hybridized carbons (Fsp3) is 0.556. The van der Waals surface area contributed by atoms with Crippen molar-refractivity contribution in [3.63, 3.8) is 0 Å². The molecule has 0 spiro atoms. The van der Waals surface area contributed by atoms with Crippen molar-refractivity contribution >= 4 is 11.8 Å². The van der Waals surface area contributed by atoms with Crippen LogP contribution in [0.5, 0.6) is 0 Å². The molecule has 25 heavy (non-hydrogen) atoms. The molecular formula is C18H23F3N2O2.